The van der Waals surface area contributed by atoms with E-state index in [9.17, 15) is 9.59 Å². The molecule has 0 aliphatic carbocycles. The largest absolute Gasteiger partial charge is 0.466 e. The van der Waals surface area contributed by atoms with Crippen LogP contribution in [0, 0.1) is 0 Å². The molecule has 0 N–H and O–H groups in total. The lowest BCUT2D eigenvalue weighted by Gasteiger charge is -2.25. The van der Waals surface area contributed by atoms with Gasteiger partial charge in [0.1, 0.15) is 0 Å². The fraction of sp³-hybridized carbons (Fsp3) is 0.148. The van der Waals surface area contributed by atoms with Crippen molar-refractivity contribution in [1.29, 1.82) is 0 Å². The Hall–Kier alpha value is -3.42. The quantitative estimate of drug-likeness (QED) is 0.347. The minimum atomic E-state index is -0.599. The third kappa shape index (κ3) is 3.71. The second kappa shape index (κ2) is 9.08. The van der Waals surface area contributed by atoms with Gasteiger partial charge in [-0.1, -0.05) is 78.9 Å². The molecule has 1 atom stereocenters. The van der Waals surface area contributed by atoms with Crippen LogP contribution < -0.4 is 14.9 Å². The van der Waals surface area contributed by atoms with Crippen LogP contribution in [-0.2, 0) is 9.53 Å². The first kappa shape index (κ1) is 22.4. The van der Waals surface area contributed by atoms with Crippen molar-refractivity contribution < 1.29 is 9.53 Å². The molecule has 1 aliphatic rings. The molecule has 170 valence electrons. The van der Waals surface area contributed by atoms with Crippen LogP contribution in [0.15, 0.2) is 92.7 Å². The number of benzene rings is 3. The third-order valence-electron chi connectivity index (χ3n) is 5.99. The van der Waals surface area contributed by atoms with Crippen LogP contribution in [0.25, 0.3) is 16.8 Å². The van der Waals surface area contributed by atoms with Gasteiger partial charge in [-0.25, -0.2) is 9.79 Å². The van der Waals surface area contributed by atoms with Crippen LogP contribution in [0.2, 0.25) is 0 Å². The van der Waals surface area contributed by atoms with E-state index in [1.165, 1.54) is 18.4 Å². The fourth-order valence-corrected chi connectivity index (χ4v) is 5.67. The molecule has 34 heavy (non-hydrogen) atoms. The highest BCUT2D eigenvalue weighted by Gasteiger charge is 2.33. The van der Waals surface area contributed by atoms with Gasteiger partial charge in [0, 0.05) is 4.90 Å². The Kier molecular flexibility index (Phi) is 5.98. The van der Waals surface area contributed by atoms with E-state index < -0.39 is 12.0 Å². The van der Waals surface area contributed by atoms with E-state index in [0.717, 1.165) is 26.8 Å². The Bertz CT molecular complexity index is 1630. The Labute approximate surface area is 205 Å². The zero-order valence-electron chi connectivity index (χ0n) is 18.7. The smallest absolute Gasteiger partial charge is 0.338 e. The van der Waals surface area contributed by atoms with Gasteiger partial charge < -0.3 is 4.74 Å². The van der Waals surface area contributed by atoms with Gasteiger partial charge in [0.2, 0.25) is 0 Å². The van der Waals surface area contributed by atoms with Gasteiger partial charge in [0.15, 0.2) is 4.80 Å². The standard InChI is InChI=1S/C27H22N2O3S2/c1-3-20-23(26(31)32-2)24(16-9-5-4-6-10-16)29-25(30)22(34-27(29)28-20)15-17-13-14-21(33)19-12-8-7-11-18(17)19/h4-15,24,33H,3H2,1-2H3/b22-15-/t24-/m0/s1. The third-order valence-corrected chi connectivity index (χ3v) is 7.36. The zero-order chi connectivity index (χ0) is 23.8. The number of carbonyl (C=O) groups excluding carboxylic acids is 1. The number of thiol groups is 1. The average molecular weight is 487 g/mol. The predicted octanol–water partition coefficient (Wildman–Crippen LogP) is 4.24. The summed E-state index contributed by atoms with van der Waals surface area (Å²) in [5.41, 5.74) is 2.62. The summed E-state index contributed by atoms with van der Waals surface area (Å²) in [6.07, 6.45) is 2.45. The second-order valence-electron chi connectivity index (χ2n) is 7.92. The number of hydrogen-bond donors (Lipinski definition) is 1. The molecule has 0 radical (unpaired) electrons. The van der Waals surface area contributed by atoms with Crippen molar-refractivity contribution in [2.24, 2.45) is 4.99 Å². The van der Waals surface area contributed by atoms with Crippen LogP contribution >= 0.6 is 24.0 Å². The summed E-state index contributed by atoms with van der Waals surface area (Å²) in [7, 11) is 1.35. The molecule has 0 unspecified atom stereocenters. The van der Waals surface area contributed by atoms with Crippen LogP contribution in [0.1, 0.15) is 30.5 Å². The average Bonchev–Trinajstić information content (AvgIpc) is 3.19. The van der Waals surface area contributed by atoms with Crippen molar-refractivity contribution in [2.75, 3.05) is 7.11 Å². The van der Waals surface area contributed by atoms with Gasteiger partial charge in [0.05, 0.1) is 29.0 Å². The number of hydrogen-bond acceptors (Lipinski definition) is 6. The van der Waals surface area contributed by atoms with E-state index in [2.05, 4.69) is 12.6 Å². The minimum absolute atomic E-state index is 0.187. The van der Waals surface area contributed by atoms with Crippen molar-refractivity contribution in [1.82, 2.24) is 4.57 Å². The molecule has 7 heteroatoms. The first-order chi connectivity index (χ1) is 16.5. The first-order valence-corrected chi connectivity index (χ1v) is 12.2. The molecule has 0 amide bonds. The maximum absolute atomic E-state index is 13.7. The topological polar surface area (TPSA) is 60.7 Å². The lowest BCUT2D eigenvalue weighted by atomic mass is 9.95. The maximum atomic E-state index is 13.7. The number of carbonyl (C=O) groups is 1. The summed E-state index contributed by atoms with van der Waals surface area (Å²) in [4.78, 5) is 32.8. The molecule has 5 nitrogen and oxygen atoms in total. The first-order valence-electron chi connectivity index (χ1n) is 10.9. The van der Waals surface area contributed by atoms with E-state index in [-0.39, 0.29) is 5.56 Å². The lowest BCUT2D eigenvalue weighted by molar-refractivity contribution is -0.136. The molecule has 0 saturated heterocycles. The number of fused-ring (bicyclic) bond motifs is 2. The molecule has 0 saturated carbocycles. The molecular formula is C27H22N2O3S2. The van der Waals surface area contributed by atoms with Crippen LogP contribution in [-0.4, -0.2) is 17.6 Å². The van der Waals surface area contributed by atoms with Gasteiger partial charge in [-0.2, -0.15) is 0 Å². The van der Waals surface area contributed by atoms with Crippen molar-refractivity contribution in [3.05, 3.63) is 109 Å². The van der Waals surface area contributed by atoms with Gasteiger partial charge in [0.25, 0.3) is 5.56 Å². The summed E-state index contributed by atoms with van der Waals surface area (Å²) < 4.78 is 7.28. The van der Waals surface area contributed by atoms with Crippen LogP contribution in [0.5, 0.6) is 0 Å². The second-order valence-corrected chi connectivity index (χ2v) is 9.41. The molecule has 1 aliphatic heterocycles. The normalized spacial score (nSPS) is 15.9. The number of nitrogens with zero attached hydrogens (tertiary/aromatic N) is 2. The Morgan fingerprint density at radius 2 is 1.79 bits per heavy atom. The molecule has 4 aromatic rings. The summed E-state index contributed by atoms with van der Waals surface area (Å²) in [6.45, 7) is 1.95. The predicted molar refractivity (Wildman–Crippen MR) is 138 cm³/mol. The number of thiazole rings is 1. The number of allylic oxidation sites excluding steroid dienone is 1. The molecule has 5 rings (SSSR count). The molecule has 0 spiro atoms. The molecular weight excluding hydrogens is 464 g/mol. The molecule has 0 fully saturated rings. The summed E-state index contributed by atoms with van der Waals surface area (Å²) in [6, 6.07) is 20.8. The lowest BCUT2D eigenvalue weighted by Crippen LogP contribution is -2.40. The van der Waals surface area contributed by atoms with E-state index >= 15 is 0 Å². The van der Waals surface area contributed by atoms with E-state index in [1.807, 2.05) is 79.7 Å². The Morgan fingerprint density at radius 1 is 1.09 bits per heavy atom. The number of aromatic nitrogens is 1. The number of esters is 1. The monoisotopic (exact) mass is 486 g/mol. The number of ether oxygens (including phenoxy) is 1. The zero-order valence-corrected chi connectivity index (χ0v) is 20.4. The molecule has 3 aromatic carbocycles. The fourth-order valence-electron chi connectivity index (χ4n) is 4.39. The van der Waals surface area contributed by atoms with Crippen molar-refractivity contribution in [2.45, 2.75) is 24.3 Å². The molecule has 1 aromatic heterocycles. The van der Waals surface area contributed by atoms with E-state index in [4.69, 9.17) is 9.73 Å². The van der Waals surface area contributed by atoms with Crippen LogP contribution in [0.3, 0.4) is 0 Å². The number of methoxy groups -OCH3 is 1. The van der Waals surface area contributed by atoms with Gasteiger partial charge >= 0.3 is 5.97 Å². The van der Waals surface area contributed by atoms with Crippen molar-refractivity contribution in [3.8, 4) is 0 Å². The SMILES string of the molecule is CCC1=C(C(=O)OC)[C@H](c2ccccc2)n2c(s/c(=C\c3ccc(S)c4ccccc34)c2=O)=N1. The van der Waals surface area contributed by atoms with Gasteiger partial charge in [-0.05, 0) is 40.5 Å². The summed E-state index contributed by atoms with van der Waals surface area (Å²) in [5.74, 6) is -0.473. The van der Waals surface area contributed by atoms with Crippen molar-refractivity contribution in [3.63, 3.8) is 0 Å². The van der Waals surface area contributed by atoms with E-state index in [1.54, 1.807) is 4.57 Å². The molecule has 2 heterocycles. The van der Waals surface area contributed by atoms with Gasteiger partial charge in [-0.15, -0.1) is 12.6 Å². The highest BCUT2D eigenvalue weighted by Crippen LogP contribution is 2.32. The Balaban J connectivity index is 1.79. The Morgan fingerprint density at radius 3 is 2.50 bits per heavy atom. The maximum Gasteiger partial charge on any atom is 0.338 e. The number of rotatable bonds is 4. The van der Waals surface area contributed by atoms with Gasteiger partial charge in [-0.3, -0.25) is 9.36 Å². The summed E-state index contributed by atoms with van der Waals surface area (Å²) >= 11 is 5.90. The highest BCUT2D eigenvalue weighted by molar-refractivity contribution is 7.80. The van der Waals surface area contributed by atoms with E-state index in [0.29, 0.717) is 27.0 Å². The minimum Gasteiger partial charge on any atom is -0.466 e. The molecule has 0 bridgehead atoms. The van der Waals surface area contributed by atoms with Crippen molar-refractivity contribution >= 4 is 46.8 Å². The summed E-state index contributed by atoms with van der Waals surface area (Å²) in [5, 5.41) is 2.04. The van der Waals surface area contributed by atoms with Crippen LogP contribution in [0.4, 0.5) is 0 Å². The highest BCUT2D eigenvalue weighted by atomic mass is 32.1.